The van der Waals surface area contributed by atoms with Crippen LogP contribution in [0.25, 0.3) is 11.0 Å². The molecule has 0 radical (unpaired) electrons. The Bertz CT molecular complexity index is 527. The second kappa shape index (κ2) is 4.04. The van der Waals surface area contributed by atoms with Gasteiger partial charge in [-0.1, -0.05) is 0 Å². The summed E-state index contributed by atoms with van der Waals surface area (Å²) in [7, 11) is 2.16. The van der Waals surface area contributed by atoms with Gasteiger partial charge >= 0.3 is 0 Å². The van der Waals surface area contributed by atoms with Crippen molar-refractivity contribution in [3.63, 3.8) is 0 Å². The van der Waals surface area contributed by atoms with Crippen LogP contribution in [0.4, 0.5) is 5.69 Å². The zero-order chi connectivity index (χ0) is 11.8. The smallest absolute Gasteiger partial charge is 0.104 e. The van der Waals surface area contributed by atoms with Gasteiger partial charge < -0.3 is 15.2 Å². The first-order valence-electron chi connectivity index (χ1n) is 6.10. The number of H-pyrrole nitrogens is 1. The third-order valence-corrected chi connectivity index (χ3v) is 3.42. The lowest BCUT2D eigenvalue weighted by Crippen LogP contribution is -2.47. The Morgan fingerprint density at radius 1 is 1.41 bits per heavy atom. The van der Waals surface area contributed by atoms with Crippen molar-refractivity contribution in [3.05, 3.63) is 24.0 Å². The second-order valence-electron chi connectivity index (χ2n) is 4.93. The number of imidazole rings is 1. The van der Waals surface area contributed by atoms with E-state index in [1.807, 2.05) is 6.92 Å². The largest absolute Gasteiger partial charge is 0.374 e. The first kappa shape index (κ1) is 10.6. The van der Waals surface area contributed by atoms with Gasteiger partial charge in [0.05, 0.1) is 11.0 Å². The number of rotatable bonds is 3. The Morgan fingerprint density at radius 3 is 2.94 bits per heavy atom. The molecule has 4 heteroatoms. The molecule has 1 saturated heterocycles. The molecule has 0 saturated carbocycles. The highest BCUT2D eigenvalue weighted by molar-refractivity contribution is 5.79. The highest BCUT2D eigenvalue weighted by atomic mass is 15.1. The normalized spacial score (nSPS) is 16.1. The van der Waals surface area contributed by atoms with Gasteiger partial charge in [0.15, 0.2) is 0 Å². The minimum atomic E-state index is 0.791. The first-order valence-corrected chi connectivity index (χ1v) is 6.10. The second-order valence-corrected chi connectivity index (χ2v) is 4.93. The van der Waals surface area contributed by atoms with E-state index in [0.717, 1.165) is 42.4 Å². The van der Waals surface area contributed by atoms with Crippen molar-refractivity contribution in [1.29, 1.82) is 0 Å². The van der Waals surface area contributed by atoms with E-state index in [1.165, 1.54) is 5.69 Å². The van der Waals surface area contributed by atoms with Crippen LogP contribution in [-0.2, 0) is 0 Å². The zero-order valence-electron chi connectivity index (χ0n) is 10.3. The number of fused-ring (bicyclic) bond motifs is 1. The number of benzene rings is 1. The molecule has 1 aromatic heterocycles. The molecule has 0 aliphatic carbocycles. The maximum absolute atomic E-state index is 4.42. The standard InChI is InChI=1S/C13H18N4/c1-9-15-12-4-3-11(5-13(12)16-9)17(2)8-10-6-14-7-10/h3-5,10,14H,6-8H2,1-2H3,(H,15,16). The van der Waals surface area contributed by atoms with E-state index in [2.05, 4.69) is 45.4 Å². The van der Waals surface area contributed by atoms with Crippen LogP contribution < -0.4 is 10.2 Å². The van der Waals surface area contributed by atoms with Gasteiger partial charge in [0, 0.05) is 38.3 Å². The third-order valence-electron chi connectivity index (χ3n) is 3.42. The highest BCUT2D eigenvalue weighted by Crippen LogP contribution is 2.21. The van der Waals surface area contributed by atoms with Gasteiger partial charge in [-0.15, -0.1) is 0 Å². The molecule has 0 bridgehead atoms. The molecule has 1 aliphatic rings. The molecule has 0 spiro atoms. The molecule has 0 amide bonds. The fourth-order valence-electron chi connectivity index (χ4n) is 2.33. The van der Waals surface area contributed by atoms with E-state index in [4.69, 9.17) is 0 Å². The molecule has 0 atom stereocenters. The Kier molecular flexibility index (Phi) is 2.52. The van der Waals surface area contributed by atoms with E-state index in [0.29, 0.717) is 0 Å². The number of hydrogen-bond donors (Lipinski definition) is 2. The fraction of sp³-hybridized carbons (Fsp3) is 0.462. The number of anilines is 1. The number of nitrogens with zero attached hydrogens (tertiary/aromatic N) is 2. The fourth-order valence-corrected chi connectivity index (χ4v) is 2.33. The molecule has 1 aromatic carbocycles. The minimum absolute atomic E-state index is 0.791. The Morgan fingerprint density at radius 2 is 2.24 bits per heavy atom. The number of nitrogens with one attached hydrogen (secondary N) is 2. The van der Waals surface area contributed by atoms with Crippen molar-refractivity contribution in [2.24, 2.45) is 5.92 Å². The minimum Gasteiger partial charge on any atom is -0.374 e. The van der Waals surface area contributed by atoms with Gasteiger partial charge in [0.1, 0.15) is 5.82 Å². The van der Waals surface area contributed by atoms with Gasteiger partial charge in [-0.3, -0.25) is 0 Å². The lowest BCUT2D eigenvalue weighted by Gasteiger charge is -2.32. The Labute approximate surface area is 101 Å². The quantitative estimate of drug-likeness (QED) is 0.840. The van der Waals surface area contributed by atoms with E-state index < -0.39 is 0 Å². The molecule has 17 heavy (non-hydrogen) atoms. The van der Waals surface area contributed by atoms with Crippen LogP contribution in [0, 0.1) is 12.8 Å². The van der Waals surface area contributed by atoms with Crippen LogP contribution >= 0.6 is 0 Å². The number of aromatic amines is 1. The zero-order valence-corrected chi connectivity index (χ0v) is 10.3. The molecule has 1 fully saturated rings. The molecule has 4 nitrogen and oxygen atoms in total. The van der Waals surface area contributed by atoms with E-state index in [-0.39, 0.29) is 0 Å². The van der Waals surface area contributed by atoms with Crippen molar-refractivity contribution in [2.75, 3.05) is 31.6 Å². The lowest BCUT2D eigenvalue weighted by atomic mass is 10.0. The molecule has 2 aromatic rings. The predicted molar refractivity (Wildman–Crippen MR) is 70.5 cm³/mol. The van der Waals surface area contributed by atoms with E-state index >= 15 is 0 Å². The van der Waals surface area contributed by atoms with Crippen LogP contribution in [-0.4, -0.2) is 36.6 Å². The van der Waals surface area contributed by atoms with Crippen molar-refractivity contribution < 1.29 is 0 Å². The monoisotopic (exact) mass is 230 g/mol. The maximum Gasteiger partial charge on any atom is 0.104 e. The summed E-state index contributed by atoms with van der Waals surface area (Å²) in [6.07, 6.45) is 0. The van der Waals surface area contributed by atoms with Crippen molar-refractivity contribution in [1.82, 2.24) is 15.3 Å². The molecular formula is C13H18N4. The summed E-state index contributed by atoms with van der Waals surface area (Å²) in [5.74, 6) is 1.77. The van der Waals surface area contributed by atoms with Crippen LogP contribution in [0.1, 0.15) is 5.82 Å². The average molecular weight is 230 g/mol. The SMILES string of the molecule is Cc1nc2ccc(N(C)CC3CNC3)cc2[nH]1. The topological polar surface area (TPSA) is 44.0 Å². The maximum atomic E-state index is 4.42. The van der Waals surface area contributed by atoms with Crippen molar-refractivity contribution >= 4 is 16.7 Å². The predicted octanol–water partition coefficient (Wildman–Crippen LogP) is 1.53. The third kappa shape index (κ3) is 2.00. The van der Waals surface area contributed by atoms with Gasteiger partial charge in [-0.25, -0.2) is 4.98 Å². The number of aryl methyl sites for hydroxylation is 1. The lowest BCUT2D eigenvalue weighted by molar-refractivity contribution is 0.353. The van der Waals surface area contributed by atoms with Gasteiger partial charge in [0.2, 0.25) is 0 Å². The van der Waals surface area contributed by atoms with E-state index in [9.17, 15) is 0 Å². The number of hydrogen-bond acceptors (Lipinski definition) is 3. The summed E-state index contributed by atoms with van der Waals surface area (Å²) >= 11 is 0. The van der Waals surface area contributed by atoms with Gasteiger partial charge in [-0.2, -0.15) is 0 Å². The average Bonchev–Trinajstić information content (AvgIpc) is 2.62. The van der Waals surface area contributed by atoms with Crippen LogP contribution in [0.15, 0.2) is 18.2 Å². The molecular weight excluding hydrogens is 212 g/mol. The summed E-state index contributed by atoms with van der Waals surface area (Å²) in [4.78, 5) is 10.0. The van der Waals surface area contributed by atoms with Gasteiger partial charge in [-0.05, 0) is 25.1 Å². The molecule has 3 rings (SSSR count). The van der Waals surface area contributed by atoms with Crippen LogP contribution in [0.5, 0.6) is 0 Å². The molecule has 2 N–H and O–H groups in total. The highest BCUT2D eigenvalue weighted by Gasteiger charge is 2.18. The molecule has 2 heterocycles. The summed E-state index contributed by atoms with van der Waals surface area (Å²) in [6.45, 7) is 5.40. The van der Waals surface area contributed by atoms with E-state index in [1.54, 1.807) is 0 Å². The summed E-state index contributed by atoms with van der Waals surface area (Å²) in [6, 6.07) is 6.42. The van der Waals surface area contributed by atoms with Crippen molar-refractivity contribution in [2.45, 2.75) is 6.92 Å². The Hall–Kier alpha value is -1.55. The molecule has 90 valence electrons. The van der Waals surface area contributed by atoms with Crippen LogP contribution in [0.2, 0.25) is 0 Å². The van der Waals surface area contributed by atoms with Crippen molar-refractivity contribution in [3.8, 4) is 0 Å². The molecule has 0 unspecified atom stereocenters. The summed E-state index contributed by atoms with van der Waals surface area (Å²) in [5.41, 5.74) is 3.43. The first-order chi connectivity index (χ1) is 8.22. The number of aromatic nitrogens is 2. The summed E-state index contributed by atoms with van der Waals surface area (Å²) in [5, 5.41) is 3.31. The van der Waals surface area contributed by atoms with Crippen LogP contribution in [0.3, 0.4) is 0 Å². The van der Waals surface area contributed by atoms with Gasteiger partial charge in [0.25, 0.3) is 0 Å². The summed E-state index contributed by atoms with van der Waals surface area (Å²) < 4.78 is 0. The molecule has 1 aliphatic heterocycles. The Balaban J connectivity index is 1.83.